The van der Waals surface area contributed by atoms with E-state index in [1.807, 2.05) is 18.2 Å². The third kappa shape index (κ3) is 11.0. The topological polar surface area (TPSA) is 114 Å². The molecule has 0 saturated carbocycles. The second-order valence-electron chi connectivity index (χ2n) is 2.31. The second-order valence-corrected chi connectivity index (χ2v) is 3.34. The highest BCUT2D eigenvalue weighted by Crippen LogP contribution is 1.91. The zero-order valence-corrected chi connectivity index (χ0v) is 8.18. The fourth-order valence-electron chi connectivity index (χ4n) is 0.661. The summed E-state index contributed by atoms with van der Waals surface area (Å²) in [6.07, 6.45) is 2.38. The first-order chi connectivity index (χ1) is 6.43. The Kier molecular flexibility index (Phi) is 5.97. The predicted octanol–water partition coefficient (Wildman–Crippen LogP) is -0.636. The van der Waals surface area contributed by atoms with Crippen LogP contribution in [-0.2, 0) is 16.7 Å². The van der Waals surface area contributed by atoms with Crippen LogP contribution in [0.25, 0.3) is 0 Å². The molecule has 0 aliphatic carbocycles. The molecule has 6 nitrogen and oxygen atoms in total. The highest BCUT2D eigenvalue weighted by molar-refractivity contribution is 7.83. The molecule has 0 saturated heterocycles. The summed E-state index contributed by atoms with van der Waals surface area (Å²) in [6, 6.07) is 5.68. The van der Waals surface area contributed by atoms with Gasteiger partial charge in [-0.25, -0.2) is 5.14 Å². The highest BCUT2D eigenvalue weighted by atomic mass is 32.2. The number of hydrogen-bond donors (Lipinski definition) is 3. The smallest absolute Gasteiger partial charge is 0.330 e. The van der Waals surface area contributed by atoms with E-state index in [1.54, 1.807) is 6.20 Å². The molecule has 4 N–H and O–H groups in total. The van der Waals surface area contributed by atoms with Gasteiger partial charge in [0, 0.05) is 24.9 Å². The summed E-state index contributed by atoms with van der Waals surface area (Å²) in [5.41, 5.74) is 0.944. The van der Waals surface area contributed by atoms with Crippen molar-refractivity contribution >= 4 is 10.3 Å². The van der Waals surface area contributed by atoms with Gasteiger partial charge in [-0.05, 0) is 12.1 Å². The van der Waals surface area contributed by atoms with E-state index in [-0.39, 0.29) is 6.61 Å². The molecule has 0 aliphatic heterocycles. The number of aliphatic hydroxyl groups excluding tert-OH is 1. The lowest BCUT2D eigenvalue weighted by Crippen LogP contribution is -2.08. The minimum absolute atomic E-state index is 0.178. The Balaban J connectivity index is 0.000000292. The van der Waals surface area contributed by atoms with Crippen molar-refractivity contribution in [3.63, 3.8) is 0 Å². The minimum Gasteiger partial charge on any atom is -0.396 e. The quantitative estimate of drug-likeness (QED) is 0.574. The number of nitrogens with two attached hydrogens (primary N) is 1. The number of rotatable bonds is 2. The van der Waals surface area contributed by atoms with Gasteiger partial charge in [0.05, 0.1) is 0 Å². The molecule has 80 valence electrons. The normalized spacial score (nSPS) is 10.2. The molecule has 1 aromatic heterocycles. The molecule has 0 aliphatic rings. The standard InChI is InChI=1S/C7H9NO.H3NO3S/c9-6-4-7-3-1-2-5-8-7;1-5(2,3)4/h1-3,5,9H,4,6H2;(H3,1,2,3,4). The van der Waals surface area contributed by atoms with Gasteiger partial charge in [-0.15, -0.1) is 0 Å². The molecule has 1 rings (SSSR count). The Labute approximate surface area is 82.3 Å². The summed E-state index contributed by atoms with van der Waals surface area (Å²) in [6.45, 7) is 0.178. The van der Waals surface area contributed by atoms with Crippen LogP contribution in [0.3, 0.4) is 0 Å². The van der Waals surface area contributed by atoms with Gasteiger partial charge in [0.25, 0.3) is 0 Å². The molecule has 14 heavy (non-hydrogen) atoms. The first-order valence-corrected chi connectivity index (χ1v) is 5.20. The maximum atomic E-state index is 8.97. The molecule has 1 aromatic rings. The minimum atomic E-state index is -4.17. The maximum Gasteiger partial charge on any atom is 0.330 e. The first-order valence-electron chi connectivity index (χ1n) is 3.69. The molecule has 0 spiro atoms. The van der Waals surface area contributed by atoms with Crippen LogP contribution in [0, 0.1) is 0 Å². The molecule has 7 heteroatoms. The van der Waals surface area contributed by atoms with E-state index in [0.29, 0.717) is 6.42 Å². The lowest BCUT2D eigenvalue weighted by Gasteiger charge is -1.92. The van der Waals surface area contributed by atoms with E-state index in [1.165, 1.54) is 0 Å². The first kappa shape index (κ1) is 13.0. The molecule has 0 fully saturated rings. The highest BCUT2D eigenvalue weighted by Gasteiger charge is 1.87. The number of hydrogen-bond acceptors (Lipinski definition) is 4. The van der Waals surface area contributed by atoms with Crippen LogP contribution < -0.4 is 5.14 Å². The van der Waals surface area contributed by atoms with Gasteiger partial charge in [0.1, 0.15) is 0 Å². The third-order valence-corrected chi connectivity index (χ3v) is 1.09. The average molecular weight is 220 g/mol. The average Bonchev–Trinajstić information content (AvgIpc) is 2.03. The van der Waals surface area contributed by atoms with Crippen LogP contribution >= 0.6 is 0 Å². The summed E-state index contributed by atoms with van der Waals surface area (Å²) in [5.74, 6) is 0. The zero-order valence-electron chi connectivity index (χ0n) is 7.37. The molecule has 0 unspecified atom stereocenters. The molecular formula is C7H12N2O4S. The van der Waals surface area contributed by atoms with E-state index < -0.39 is 10.3 Å². The lowest BCUT2D eigenvalue weighted by molar-refractivity contribution is 0.298. The van der Waals surface area contributed by atoms with E-state index in [0.717, 1.165) is 5.69 Å². The predicted molar refractivity (Wildman–Crippen MR) is 50.8 cm³/mol. The Morgan fingerprint density at radius 1 is 1.43 bits per heavy atom. The fraction of sp³-hybridized carbons (Fsp3) is 0.286. The van der Waals surface area contributed by atoms with Crippen molar-refractivity contribution in [3.05, 3.63) is 30.1 Å². The molecule has 0 radical (unpaired) electrons. The van der Waals surface area contributed by atoms with Gasteiger partial charge >= 0.3 is 10.3 Å². The molecule has 0 aromatic carbocycles. The van der Waals surface area contributed by atoms with Crippen LogP contribution in [0.4, 0.5) is 0 Å². The zero-order chi connectivity index (χ0) is 11.0. The number of nitrogens with zero attached hydrogens (tertiary/aromatic N) is 1. The van der Waals surface area contributed by atoms with Gasteiger partial charge in [0.2, 0.25) is 0 Å². The van der Waals surface area contributed by atoms with Gasteiger partial charge in [-0.1, -0.05) is 6.07 Å². The monoisotopic (exact) mass is 220 g/mol. The summed E-state index contributed by atoms with van der Waals surface area (Å²) in [5, 5.41) is 12.4. The lowest BCUT2D eigenvalue weighted by atomic mass is 10.3. The van der Waals surface area contributed by atoms with Crippen molar-refractivity contribution < 1.29 is 18.1 Å². The SMILES string of the molecule is NS(=O)(=O)O.OCCc1ccccn1. The van der Waals surface area contributed by atoms with Gasteiger partial charge in [-0.2, -0.15) is 8.42 Å². The van der Waals surface area contributed by atoms with Crippen molar-refractivity contribution in [2.75, 3.05) is 6.61 Å². The summed E-state index contributed by atoms with van der Waals surface area (Å²) >= 11 is 0. The largest absolute Gasteiger partial charge is 0.396 e. The molecule has 0 bridgehead atoms. The van der Waals surface area contributed by atoms with Gasteiger partial charge in [-0.3, -0.25) is 9.54 Å². The van der Waals surface area contributed by atoms with E-state index in [4.69, 9.17) is 18.1 Å². The molecule has 0 amide bonds. The number of aliphatic hydroxyl groups is 1. The molecule has 1 heterocycles. The summed E-state index contributed by atoms with van der Waals surface area (Å²) in [4.78, 5) is 4.01. The van der Waals surface area contributed by atoms with E-state index in [2.05, 4.69) is 10.1 Å². The van der Waals surface area contributed by atoms with Gasteiger partial charge in [0.15, 0.2) is 0 Å². The second kappa shape index (κ2) is 6.44. The van der Waals surface area contributed by atoms with Gasteiger partial charge < -0.3 is 5.11 Å². The van der Waals surface area contributed by atoms with Crippen molar-refractivity contribution in [2.24, 2.45) is 5.14 Å². The number of pyridine rings is 1. The van der Waals surface area contributed by atoms with Crippen LogP contribution in [0.5, 0.6) is 0 Å². The Bertz CT molecular complexity index is 330. The molecular weight excluding hydrogens is 208 g/mol. The van der Waals surface area contributed by atoms with Crippen molar-refractivity contribution in [3.8, 4) is 0 Å². The van der Waals surface area contributed by atoms with Crippen LogP contribution in [0.1, 0.15) is 5.69 Å². The van der Waals surface area contributed by atoms with Crippen LogP contribution in [0.2, 0.25) is 0 Å². The molecule has 0 atom stereocenters. The van der Waals surface area contributed by atoms with E-state index >= 15 is 0 Å². The Hall–Kier alpha value is -1.02. The van der Waals surface area contributed by atoms with Crippen molar-refractivity contribution in [2.45, 2.75) is 6.42 Å². The van der Waals surface area contributed by atoms with Crippen molar-refractivity contribution in [1.82, 2.24) is 4.98 Å². The number of aromatic nitrogens is 1. The Morgan fingerprint density at radius 2 is 2.00 bits per heavy atom. The van der Waals surface area contributed by atoms with Crippen molar-refractivity contribution in [1.29, 1.82) is 0 Å². The van der Waals surface area contributed by atoms with E-state index in [9.17, 15) is 0 Å². The maximum absolute atomic E-state index is 8.97. The third-order valence-electron chi connectivity index (χ3n) is 1.09. The van der Waals surface area contributed by atoms with Crippen LogP contribution in [-0.4, -0.2) is 29.7 Å². The summed E-state index contributed by atoms with van der Waals surface area (Å²) in [7, 11) is -4.17. The summed E-state index contributed by atoms with van der Waals surface area (Å²) < 4.78 is 25.2. The fourth-order valence-corrected chi connectivity index (χ4v) is 0.661. The van der Waals surface area contributed by atoms with Crippen LogP contribution in [0.15, 0.2) is 24.4 Å². The Morgan fingerprint density at radius 3 is 2.36 bits per heavy atom.